The van der Waals surface area contributed by atoms with E-state index in [4.69, 9.17) is 9.84 Å². The van der Waals surface area contributed by atoms with Gasteiger partial charge in [0, 0.05) is 23.0 Å². The molecule has 1 atom stereocenters. The molecule has 0 saturated heterocycles. The third-order valence-electron chi connectivity index (χ3n) is 4.18. The molecule has 104 valence electrons. The summed E-state index contributed by atoms with van der Waals surface area (Å²) < 4.78 is 8.05. The van der Waals surface area contributed by atoms with Gasteiger partial charge in [0.15, 0.2) is 0 Å². The molecule has 0 amide bonds. The molecule has 0 spiro atoms. The van der Waals surface area contributed by atoms with Crippen LogP contribution in [0.4, 0.5) is 0 Å². The first kappa shape index (κ1) is 12.7. The van der Waals surface area contributed by atoms with Gasteiger partial charge in [-0.05, 0) is 51.5 Å². The van der Waals surface area contributed by atoms with E-state index >= 15 is 0 Å². The topological polar surface area (TPSA) is 51.5 Å². The van der Waals surface area contributed by atoms with Gasteiger partial charge in [0.25, 0.3) is 0 Å². The zero-order chi connectivity index (χ0) is 13.6. The molecule has 0 aromatic carbocycles. The highest BCUT2D eigenvalue weighted by Crippen LogP contribution is 2.46. The number of hydrogen-bond acceptors (Lipinski definition) is 2. The molecule has 2 fully saturated rings. The fourth-order valence-electron chi connectivity index (χ4n) is 3.03. The smallest absolute Gasteiger partial charge is 0.329 e. The molecule has 1 N–H and O–H groups in total. The Morgan fingerprint density at radius 3 is 2.63 bits per heavy atom. The summed E-state index contributed by atoms with van der Waals surface area (Å²) in [6, 6.07) is 2.85. The predicted octanol–water partition coefficient (Wildman–Crippen LogP) is 2.99. The molecule has 0 aliphatic heterocycles. The predicted molar refractivity (Wildman–Crippen MR) is 71.2 cm³/mol. The first-order chi connectivity index (χ1) is 9.08. The maximum atomic E-state index is 10.7. The molecule has 0 bridgehead atoms. The van der Waals surface area contributed by atoms with Crippen molar-refractivity contribution < 1.29 is 14.6 Å². The number of ether oxygens (including phenoxy) is 1. The largest absolute Gasteiger partial charge is 0.480 e. The zero-order valence-corrected chi connectivity index (χ0v) is 11.6. The number of carboxylic acids is 1. The van der Waals surface area contributed by atoms with Crippen molar-refractivity contribution in [3.05, 3.63) is 23.0 Å². The summed E-state index contributed by atoms with van der Waals surface area (Å²) in [6.45, 7) is 4.07. The van der Waals surface area contributed by atoms with Crippen LogP contribution in [0.25, 0.3) is 0 Å². The number of aliphatic carboxylic acids is 1. The molecule has 1 unspecified atom stereocenters. The van der Waals surface area contributed by atoms with Crippen LogP contribution in [-0.4, -0.2) is 22.2 Å². The van der Waals surface area contributed by atoms with Gasteiger partial charge in [-0.3, -0.25) is 0 Å². The minimum absolute atomic E-state index is 0.0326. The molecule has 2 aliphatic rings. The molecular weight excluding hydrogens is 242 g/mol. The Bertz CT molecular complexity index is 498. The molecule has 0 radical (unpaired) electrons. The fourth-order valence-corrected chi connectivity index (χ4v) is 3.03. The van der Waals surface area contributed by atoms with E-state index in [1.807, 2.05) is 0 Å². The molecule has 4 nitrogen and oxygen atoms in total. The van der Waals surface area contributed by atoms with Crippen LogP contribution in [0.15, 0.2) is 6.07 Å². The van der Waals surface area contributed by atoms with Crippen molar-refractivity contribution in [1.82, 2.24) is 4.57 Å². The number of hydrogen-bond donors (Lipinski definition) is 1. The average molecular weight is 263 g/mol. The second-order valence-corrected chi connectivity index (χ2v) is 5.89. The quantitative estimate of drug-likeness (QED) is 0.858. The standard InChI is InChI=1S/C15H21NO3/c1-9-7-13(10(2)16(9)12-5-6-12)15(11-3-4-11)19-8-14(17)18/h7,11-12,15H,3-6,8H2,1-2H3,(H,17,18). The molecule has 1 aromatic rings. The van der Waals surface area contributed by atoms with E-state index in [-0.39, 0.29) is 12.7 Å². The summed E-state index contributed by atoms with van der Waals surface area (Å²) in [5, 5.41) is 8.81. The highest BCUT2D eigenvalue weighted by atomic mass is 16.5. The van der Waals surface area contributed by atoms with Crippen molar-refractivity contribution in [2.75, 3.05) is 6.61 Å². The average Bonchev–Trinajstić information content (AvgIpc) is 3.21. The van der Waals surface area contributed by atoms with Crippen molar-refractivity contribution in [2.45, 2.75) is 51.7 Å². The molecule has 2 saturated carbocycles. The maximum Gasteiger partial charge on any atom is 0.329 e. The second-order valence-electron chi connectivity index (χ2n) is 5.89. The number of aryl methyl sites for hydroxylation is 1. The summed E-state index contributed by atoms with van der Waals surface area (Å²) in [5.74, 6) is -0.380. The summed E-state index contributed by atoms with van der Waals surface area (Å²) >= 11 is 0. The molecule has 2 aliphatic carbocycles. The van der Waals surface area contributed by atoms with Crippen LogP contribution < -0.4 is 0 Å². The summed E-state index contributed by atoms with van der Waals surface area (Å²) in [6.07, 6.45) is 4.80. The van der Waals surface area contributed by atoms with E-state index in [1.165, 1.54) is 29.8 Å². The molecule has 1 aromatic heterocycles. The van der Waals surface area contributed by atoms with Gasteiger partial charge in [0.1, 0.15) is 6.61 Å². The van der Waals surface area contributed by atoms with Crippen LogP contribution in [0.1, 0.15) is 54.8 Å². The van der Waals surface area contributed by atoms with E-state index in [0.717, 1.165) is 12.8 Å². The lowest BCUT2D eigenvalue weighted by Crippen LogP contribution is -2.14. The first-order valence-electron chi connectivity index (χ1n) is 7.09. The fraction of sp³-hybridized carbons (Fsp3) is 0.667. The minimum Gasteiger partial charge on any atom is -0.480 e. The van der Waals surface area contributed by atoms with Crippen LogP contribution in [0.3, 0.4) is 0 Å². The lowest BCUT2D eigenvalue weighted by Gasteiger charge is -2.17. The van der Waals surface area contributed by atoms with Gasteiger partial charge < -0.3 is 14.4 Å². The van der Waals surface area contributed by atoms with Crippen LogP contribution in [-0.2, 0) is 9.53 Å². The summed E-state index contributed by atoms with van der Waals surface area (Å²) in [4.78, 5) is 10.7. The molecule has 19 heavy (non-hydrogen) atoms. The van der Waals surface area contributed by atoms with E-state index in [1.54, 1.807) is 0 Å². The van der Waals surface area contributed by atoms with Crippen molar-refractivity contribution in [1.29, 1.82) is 0 Å². The van der Waals surface area contributed by atoms with Crippen molar-refractivity contribution in [3.8, 4) is 0 Å². The Labute approximate surface area is 113 Å². The molecule has 4 heteroatoms. The zero-order valence-electron chi connectivity index (χ0n) is 11.6. The van der Waals surface area contributed by atoms with Gasteiger partial charge in [0.05, 0.1) is 6.10 Å². The van der Waals surface area contributed by atoms with Gasteiger partial charge >= 0.3 is 5.97 Å². The number of nitrogens with zero attached hydrogens (tertiary/aromatic N) is 1. The highest BCUT2D eigenvalue weighted by Gasteiger charge is 2.37. The Hall–Kier alpha value is -1.29. The Morgan fingerprint density at radius 1 is 1.42 bits per heavy atom. The van der Waals surface area contributed by atoms with Crippen LogP contribution >= 0.6 is 0 Å². The number of aromatic nitrogens is 1. The monoisotopic (exact) mass is 263 g/mol. The molecular formula is C15H21NO3. The third kappa shape index (κ3) is 2.54. The molecule has 3 rings (SSSR count). The first-order valence-corrected chi connectivity index (χ1v) is 7.09. The lowest BCUT2D eigenvalue weighted by molar-refractivity contribution is -0.145. The van der Waals surface area contributed by atoms with Crippen molar-refractivity contribution in [2.24, 2.45) is 5.92 Å². The normalized spacial score (nSPS) is 20.5. The lowest BCUT2D eigenvalue weighted by atomic mass is 10.1. The Morgan fingerprint density at radius 2 is 2.11 bits per heavy atom. The van der Waals surface area contributed by atoms with Gasteiger partial charge in [-0.25, -0.2) is 4.79 Å². The van der Waals surface area contributed by atoms with Crippen LogP contribution in [0.5, 0.6) is 0 Å². The van der Waals surface area contributed by atoms with Gasteiger partial charge in [-0.15, -0.1) is 0 Å². The molecule has 1 heterocycles. The Kier molecular flexibility index (Phi) is 3.13. The van der Waals surface area contributed by atoms with Crippen LogP contribution in [0, 0.1) is 19.8 Å². The van der Waals surface area contributed by atoms with E-state index in [9.17, 15) is 4.79 Å². The summed E-state index contributed by atoms with van der Waals surface area (Å²) in [7, 11) is 0. The second kappa shape index (κ2) is 4.67. The van der Waals surface area contributed by atoms with E-state index in [2.05, 4.69) is 24.5 Å². The number of carbonyl (C=O) groups is 1. The van der Waals surface area contributed by atoms with E-state index < -0.39 is 5.97 Å². The summed E-state index contributed by atoms with van der Waals surface area (Å²) in [5.41, 5.74) is 3.75. The van der Waals surface area contributed by atoms with Gasteiger partial charge in [0.2, 0.25) is 0 Å². The number of carboxylic acid groups (broad SMARTS) is 1. The SMILES string of the molecule is Cc1cc(C(OCC(=O)O)C2CC2)c(C)n1C1CC1. The van der Waals surface area contributed by atoms with Crippen molar-refractivity contribution >= 4 is 5.97 Å². The van der Waals surface area contributed by atoms with Crippen LogP contribution in [0.2, 0.25) is 0 Å². The van der Waals surface area contributed by atoms with Gasteiger partial charge in [-0.2, -0.15) is 0 Å². The third-order valence-corrected chi connectivity index (χ3v) is 4.18. The highest BCUT2D eigenvalue weighted by molar-refractivity contribution is 5.68. The minimum atomic E-state index is -0.887. The van der Waals surface area contributed by atoms with Crippen molar-refractivity contribution in [3.63, 3.8) is 0 Å². The maximum absolute atomic E-state index is 10.7. The van der Waals surface area contributed by atoms with Gasteiger partial charge in [-0.1, -0.05) is 0 Å². The Balaban J connectivity index is 1.85. The number of rotatable bonds is 6. The van der Waals surface area contributed by atoms with E-state index in [0.29, 0.717) is 12.0 Å².